The predicted octanol–water partition coefficient (Wildman–Crippen LogP) is -0.268. The number of benzene rings is 4. The molecule has 0 saturated carbocycles. The Morgan fingerprint density at radius 2 is 1.14 bits per heavy atom. The summed E-state index contributed by atoms with van der Waals surface area (Å²) in [5.41, 5.74) is 6.90. The van der Waals surface area contributed by atoms with Crippen molar-refractivity contribution >= 4 is 34.4 Å². The second kappa shape index (κ2) is 10.9. The summed E-state index contributed by atoms with van der Waals surface area (Å²) in [7, 11) is -2.84. The predicted molar refractivity (Wildman–Crippen MR) is 146 cm³/mol. The largest absolute Gasteiger partial charge is 2.00 e. The summed E-state index contributed by atoms with van der Waals surface area (Å²) in [5, 5.41) is 5.35. The van der Waals surface area contributed by atoms with E-state index in [2.05, 4.69) is 127 Å². The van der Waals surface area contributed by atoms with Gasteiger partial charge in [-0.1, -0.05) is 127 Å². The fraction of sp³-hybridized carbons (Fsp3) is 0.0625. The zero-order valence-corrected chi connectivity index (χ0v) is 24.5. The van der Waals surface area contributed by atoms with Crippen molar-refractivity contribution in [3.63, 3.8) is 0 Å². The van der Waals surface area contributed by atoms with Crippen molar-refractivity contribution in [2.24, 2.45) is 5.92 Å². The molecule has 4 aromatic rings. The Kier molecular flexibility index (Phi) is 8.16. The van der Waals surface area contributed by atoms with Crippen LogP contribution in [0.3, 0.4) is 0 Å². The molecular weight excluding hydrogens is 570 g/mol. The van der Waals surface area contributed by atoms with E-state index in [0.717, 1.165) is 0 Å². The first-order chi connectivity index (χ1) is 16.8. The maximum absolute atomic E-state index is 8.31. The van der Waals surface area contributed by atoms with Gasteiger partial charge in [-0.2, -0.15) is 11.1 Å². The molecule has 2 atom stereocenters. The molecule has 37 heavy (non-hydrogen) atoms. The molecule has 0 fully saturated rings. The van der Waals surface area contributed by atoms with Gasteiger partial charge >= 0.3 is 18.6 Å². The molecule has 1 radical (unpaired) electrons. The molecule has 5 heteroatoms. The van der Waals surface area contributed by atoms with Gasteiger partial charge in [-0.25, -0.2) is 0 Å². The Hall–Kier alpha value is -2.23. The fourth-order valence-corrected chi connectivity index (χ4v) is 12.4. The van der Waals surface area contributed by atoms with Crippen molar-refractivity contribution < 1.29 is 43.4 Å². The van der Waals surface area contributed by atoms with Gasteiger partial charge in [-0.05, 0) is 48.6 Å². The fourth-order valence-electron chi connectivity index (χ4n) is 6.35. The smallest absolute Gasteiger partial charge is 1.00 e. The number of rotatable bonds is 3. The van der Waals surface area contributed by atoms with Crippen LogP contribution in [0, 0.1) is 5.92 Å². The first-order valence-corrected chi connectivity index (χ1v) is 15.0. The molecule has 0 saturated heterocycles. The van der Waals surface area contributed by atoms with E-state index in [1.54, 1.807) is 0 Å². The van der Waals surface area contributed by atoms with Crippen LogP contribution in [-0.2, 0) is 18.6 Å². The molecule has 7 rings (SSSR count). The van der Waals surface area contributed by atoms with Crippen LogP contribution < -0.4 is 40.4 Å². The molecule has 0 aliphatic heterocycles. The van der Waals surface area contributed by atoms with Gasteiger partial charge < -0.3 is 24.8 Å². The average molecular weight is 593 g/mol. The van der Waals surface area contributed by atoms with Gasteiger partial charge in [0, 0.05) is 11.5 Å². The minimum absolute atomic E-state index is 0. The van der Waals surface area contributed by atoms with Gasteiger partial charge in [0.1, 0.15) is 0 Å². The Labute approximate surface area is 247 Å². The summed E-state index contributed by atoms with van der Waals surface area (Å²) in [6.45, 7) is 0. The van der Waals surface area contributed by atoms with E-state index in [0.29, 0.717) is 0 Å². The first-order valence-electron chi connectivity index (χ1n) is 11.9. The maximum atomic E-state index is 8.31. The van der Waals surface area contributed by atoms with Gasteiger partial charge in [0.15, 0.2) is 0 Å². The third-order valence-electron chi connectivity index (χ3n) is 7.68. The van der Waals surface area contributed by atoms with Crippen LogP contribution in [0.2, 0.25) is 0 Å². The van der Waals surface area contributed by atoms with E-state index < -0.39 is 7.38 Å². The number of fused-ring (bicyclic) bond motifs is 5. The first kappa shape index (κ1) is 27.8. The minimum Gasteiger partial charge on any atom is -1.00 e. The number of hydrogen-bond donors (Lipinski definition) is 0. The maximum Gasteiger partial charge on any atom is 2.00 e. The molecule has 0 N–H and O–H groups in total. The van der Waals surface area contributed by atoms with E-state index in [-0.39, 0.29) is 54.8 Å². The van der Waals surface area contributed by atoms with E-state index in [4.69, 9.17) is 11.1 Å². The summed E-state index contributed by atoms with van der Waals surface area (Å²) in [6.07, 6.45) is 8.98. The van der Waals surface area contributed by atoms with Gasteiger partial charge in [0.25, 0.3) is 0 Å². The van der Waals surface area contributed by atoms with Crippen LogP contribution in [0.25, 0.3) is 21.9 Å². The Morgan fingerprint density at radius 3 is 1.78 bits per heavy atom. The molecule has 0 nitrogen and oxygen atoms in total. The van der Waals surface area contributed by atoms with Crippen molar-refractivity contribution in [1.82, 2.24) is 0 Å². The third kappa shape index (κ3) is 4.05. The van der Waals surface area contributed by atoms with Gasteiger partial charge in [0.2, 0.25) is 7.38 Å². The van der Waals surface area contributed by atoms with Gasteiger partial charge in [-0.3, -0.25) is 0 Å². The molecule has 0 spiro atoms. The summed E-state index contributed by atoms with van der Waals surface area (Å²) < 4.78 is 0. The average Bonchev–Trinajstić information content (AvgIpc) is 3.43. The summed E-state index contributed by atoms with van der Waals surface area (Å²) in [4.78, 5) is 0. The van der Waals surface area contributed by atoms with Crippen LogP contribution in [-0.4, -0.2) is 7.38 Å². The summed E-state index contributed by atoms with van der Waals surface area (Å²) in [5.74, 6) is 0.215. The molecule has 2 unspecified atom stereocenters. The molecule has 3 aliphatic carbocycles. The van der Waals surface area contributed by atoms with Crippen molar-refractivity contribution in [2.45, 2.75) is 5.54 Å². The van der Waals surface area contributed by atoms with E-state index in [1.165, 1.54) is 48.6 Å². The monoisotopic (exact) mass is 591 g/mol. The number of hydrogen-bond acceptors (Lipinski definition) is 0. The van der Waals surface area contributed by atoms with Gasteiger partial charge in [0.05, 0.1) is 0 Å². The van der Waals surface area contributed by atoms with Crippen LogP contribution in [0.5, 0.6) is 0 Å². The van der Waals surface area contributed by atoms with E-state index >= 15 is 0 Å². The van der Waals surface area contributed by atoms with Crippen molar-refractivity contribution in [1.29, 1.82) is 0 Å². The summed E-state index contributed by atoms with van der Waals surface area (Å²) in [6, 6.07) is 37.6. The number of allylic oxidation sites excluding steroid dienone is 4. The Bertz CT molecular complexity index is 1600. The molecule has 181 valence electrons. The second-order valence-electron chi connectivity index (χ2n) is 9.32. The normalized spacial score (nSPS) is 17.8. The third-order valence-corrected chi connectivity index (χ3v) is 13.6. The molecular formula is C32H23Cl3SiV. The van der Waals surface area contributed by atoms with Crippen LogP contribution in [0.4, 0.5) is 0 Å². The second-order valence-corrected chi connectivity index (χ2v) is 14.2. The van der Waals surface area contributed by atoms with E-state index in [9.17, 15) is 0 Å². The Balaban J connectivity index is 0.00000107. The van der Waals surface area contributed by atoms with Crippen molar-refractivity contribution in [3.05, 3.63) is 149 Å². The molecule has 0 amide bonds. The molecule has 4 aromatic carbocycles. The topological polar surface area (TPSA) is 0 Å². The van der Waals surface area contributed by atoms with Crippen LogP contribution >= 0.6 is 11.1 Å². The van der Waals surface area contributed by atoms with Crippen molar-refractivity contribution in [2.75, 3.05) is 0 Å². The zero-order valence-electron chi connectivity index (χ0n) is 19.9. The standard InChI is InChI=1S/C32H23ClSi.2ClH.V/c33-34(22-12-2-1-3-13-22,31-27-18-8-4-14-23(27)24-15-5-9-19-28(24)31)32-29-20-10-6-16-25(29)26-17-7-11-21-30(26)32;;;/h1-21,27,32H;2*1H;/q;;;+2/p-2. The van der Waals surface area contributed by atoms with Crippen LogP contribution in [0.1, 0.15) is 16.7 Å². The molecule has 3 aliphatic rings. The van der Waals surface area contributed by atoms with E-state index in [1.807, 2.05) is 0 Å². The number of halogens is 3. The van der Waals surface area contributed by atoms with Crippen molar-refractivity contribution in [3.8, 4) is 11.1 Å². The minimum atomic E-state index is -2.84. The Morgan fingerprint density at radius 1 is 0.595 bits per heavy atom. The molecule has 0 heterocycles. The summed E-state index contributed by atoms with van der Waals surface area (Å²) >= 11 is 8.31. The molecule has 0 bridgehead atoms. The molecule has 0 aromatic heterocycles. The van der Waals surface area contributed by atoms with Gasteiger partial charge in [-0.15, -0.1) is 0 Å². The van der Waals surface area contributed by atoms with Crippen LogP contribution in [0.15, 0.2) is 127 Å². The quantitative estimate of drug-likeness (QED) is 0.227. The SMILES string of the molecule is Cl[Si](C1=c2ccccc2=C2C=CC=CC21)(c1ccccc1)C1c2ccccc2-c2ccccc21.[Cl-].[Cl-].[V+2]. The zero-order chi connectivity index (χ0) is 22.7.